The van der Waals surface area contributed by atoms with Crippen molar-refractivity contribution in [3.63, 3.8) is 0 Å². The summed E-state index contributed by atoms with van der Waals surface area (Å²) in [4.78, 5) is 12.2. The predicted molar refractivity (Wildman–Crippen MR) is 139 cm³/mol. The zero-order chi connectivity index (χ0) is 24.7. The first kappa shape index (κ1) is 26.0. The van der Waals surface area contributed by atoms with Gasteiger partial charge in [-0.3, -0.25) is 0 Å². The van der Waals surface area contributed by atoms with Crippen LogP contribution in [0.5, 0.6) is 0 Å². The van der Waals surface area contributed by atoms with Crippen molar-refractivity contribution in [1.29, 1.82) is 0 Å². The normalized spacial score (nSPS) is 40.1. The molecule has 0 aromatic carbocycles. The molecule has 4 aliphatic carbocycles. The summed E-state index contributed by atoms with van der Waals surface area (Å²) in [5, 5.41) is 9.19. The lowest BCUT2D eigenvalue weighted by Crippen LogP contribution is -2.51. The molecule has 3 saturated carbocycles. The fourth-order valence-corrected chi connectivity index (χ4v) is 9.05. The van der Waals surface area contributed by atoms with Crippen molar-refractivity contribution < 1.29 is 14.6 Å². The Hall–Kier alpha value is -1.09. The second-order valence-electron chi connectivity index (χ2n) is 13.3. The zero-order valence-corrected chi connectivity index (χ0v) is 22.6. The molecule has 0 aromatic heterocycles. The number of carbonyl (C=O) groups excluding carboxylic acids is 1. The molecular weight excluding hydrogens is 420 g/mol. The number of aliphatic hydroxyl groups excluding tert-OH is 1. The van der Waals surface area contributed by atoms with Crippen molar-refractivity contribution in [2.24, 2.45) is 46.3 Å². The van der Waals surface area contributed by atoms with Crippen LogP contribution in [0.25, 0.3) is 0 Å². The van der Waals surface area contributed by atoms with Crippen LogP contribution in [0.4, 0.5) is 0 Å². The average Bonchev–Trinajstić information content (AvgIpc) is 3.15. The molecule has 3 heteroatoms. The van der Waals surface area contributed by atoms with Crippen LogP contribution in [0.1, 0.15) is 105 Å². The van der Waals surface area contributed by atoms with E-state index in [1.165, 1.54) is 56.9 Å². The molecule has 0 amide bonds. The third-order valence-corrected chi connectivity index (χ3v) is 11.0. The lowest BCUT2D eigenvalue weighted by molar-refractivity contribution is -0.147. The molecule has 8 atom stereocenters. The Kier molecular flexibility index (Phi) is 7.73. The molecule has 0 heterocycles. The van der Waals surface area contributed by atoms with Crippen molar-refractivity contribution >= 4 is 5.97 Å². The number of fused-ring (bicyclic) bond motifs is 5. The largest absolute Gasteiger partial charge is 0.459 e. The molecule has 0 unspecified atom stereocenters. The summed E-state index contributed by atoms with van der Waals surface area (Å²) in [5.74, 6) is 4.64. The first-order valence-corrected chi connectivity index (χ1v) is 14.3. The van der Waals surface area contributed by atoms with Crippen LogP contribution in [0.2, 0.25) is 0 Å². The van der Waals surface area contributed by atoms with Crippen molar-refractivity contribution in [1.82, 2.24) is 0 Å². The number of aliphatic hydroxyl groups is 1. The number of allylic oxidation sites excluding steroid dienone is 1. The van der Waals surface area contributed by atoms with Gasteiger partial charge in [0.2, 0.25) is 0 Å². The minimum atomic E-state index is -0.432. The van der Waals surface area contributed by atoms with Crippen LogP contribution in [-0.2, 0) is 9.53 Å². The smallest absolute Gasteiger partial charge is 0.336 e. The van der Waals surface area contributed by atoms with E-state index in [1.807, 2.05) is 0 Å². The SMILES string of the molecule is C=C(CO)C(=O)O[C@H]1CC[C@@]2(C)C(=CC[C@H]3[C@@H]4CC[C@H]([C@H](C)CCCC(C)C)[C@@]4(C)CC[C@@H]32)C1. The number of rotatable bonds is 8. The Morgan fingerprint density at radius 3 is 2.59 bits per heavy atom. The number of hydrogen-bond acceptors (Lipinski definition) is 3. The minimum absolute atomic E-state index is 0.0666. The van der Waals surface area contributed by atoms with Gasteiger partial charge in [0.25, 0.3) is 0 Å². The molecule has 0 aromatic rings. The molecule has 1 N–H and O–H groups in total. The molecule has 3 nitrogen and oxygen atoms in total. The third-order valence-electron chi connectivity index (χ3n) is 11.0. The van der Waals surface area contributed by atoms with E-state index in [0.717, 1.165) is 54.8 Å². The highest BCUT2D eigenvalue weighted by Gasteiger charge is 2.59. The van der Waals surface area contributed by atoms with Gasteiger partial charge in [0.1, 0.15) is 6.10 Å². The summed E-state index contributed by atoms with van der Waals surface area (Å²) in [6.45, 7) is 15.7. The molecule has 3 fully saturated rings. The standard InChI is InChI=1S/C31H50O3/c1-20(2)8-7-9-21(3)26-12-13-27-25-11-10-23-18-24(34-29(33)22(4)19-32)14-16-30(23,5)28(25)15-17-31(26,27)6/h10,20-21,24-28,32H,4,7-9,11-19H2,1-3,5-6H3/t21-,24+,25+,26-,27+,28+,30+,31-/m1/s1. The highest BCUT2D eigenvalue weighted by Crippen LogP contribution is 2.67. The molecule has 192 valence electrons. The lowest BCUT2D eigenvalue weighted by atomic mass is 9.47. The summed E-state index contributed by atoms with van der Waals surface area (Å²) in [6.07, 6.45) is 16.4. The monoisotopic (exact) mass is 470 g/mol. The predicted octanol–water partition coefficient (Wildman–Crippen LogP) is 7.49. The quantitative estimate of drug-likeness (QED) is 0.227. The molecule has 4 aliphatic rings. The van der Waals surface area contributed by atoms with Crippen molar-refractivity contribution in [3.05, 3.63) is 23.8 Å². The highest BCUT2D eigenvalue weighted by molar-refractivity contribution is 5.88. The second kappa shape index (κ2) is 10.1. The Morgan fingerprint density at radius 1 is 1.12 bits per heavy atom. The highest BCUT2D eigenvalue weighted by atomic mass is 16.5. The molecular formula is C31H50O3. The summed E-state index contributed by atoms with van der Waals surface area (Å²) < 4.78 is 5.71. The fraction of sp³-hybridized carbons (Fsp3) is 0.839. The van der Waals surface area contributed by atoms with Crippen LogP contribution in [0.15, 0.2) is 23.8 Å². The molecule has 0 aliphatic heterocycles. The lowest BCUT2D eigenvalue weighted by Gasteiger charge is -2.58. The van der Waals surface area contributed by atoms with Crippen molar-refractivity contribution in [2.75, 3.05) is 6.61 Å². The van der Waals surface area contributed by atoms with Gasteiger partial charge < -0.3 is 9.84 Å². The van der Waals surface area contributed by atoms with Gasteiger partial charge in [0, 0.05) is 6.42 Å². The average molecular weight is 471 g/mol. The maximum absolute atomic E-state index is 12.2. The second-order valence-corrected chi connectivity index (χ2v) is 13.3. The maximum atomic E-state index is 12.2. The van der Waals surface area contributed by atoms with Gasteiger partial charge >= 0.3 is 5.97 Å². The number of carbonyl (C=O) groups is 1. The minimum Gasteiger partial charge on any atom is -0.459 e. The van der Waals surface area contributed by atoms with E-state index in [-0.39, 0.29) is 23.7 Å². The van der Waals surface area contributed by atoms with Gasteiger partial charge in [-0.25, -0.2) is 4.79 Å². The summed E-state index contributed by atoms with van der Waals surface area (Å²) >= 11 is 0. The van der Waals surface area contributed by atoms with Crippen LogP contribution < -0.4 is 0 Å². The van der Waals surface area contributed by atoms with Gasteiger partial charge in [-0.15, -0.1) is 0 Å². The molecule has 34 heavy (non-hydrogen) atoms. The summed E-state index contributed by atoms with van der Waals surface area (Å²) in [5.41, 5.74) is 2.49. The molecule has 0 bridgehead atoms. The molecule has 4 rings (SSSR count). The van der Waals surface area contributed by atoms with E-state index in [2.05, 4.69) is 47.3 Å². The van der Waals surface area contributed by atoms with Gasteiger partial charge in [-0.05, 0) is 91.3 Å². The first-order valence-electron chi connectivity index (χ1n) is 14.3. The zero-order valence-electron chi connectivity index (χ0n) is 22.6. The van der Waals surface area contributed by atoms with E-state index in [4.69, 9.17) is 4.74 Å². The van der Waals surface area contributed by atoms with Crippen LogP contribution >= 0.6 is 0 Å². The third kappa shape index (κ3) is 4.67. The number of ether oxygens (including phenoxy) is 1. The Bertz CT molecular complexity index is 796. The van der Waals surface area contributed by atoms with Crippen LogP contribution in [0.3, 0.4) is 0 Å². The Balaban J connectivity index is 1.44. The Labute approximate surface area is 208 Å². The molecule has 0 spiro atoms. The van der Waals surface area contributed by atoms with Gasteiger partial charge in [0.15, 0.2) is 0 Å². The summed E-state index contributed by atoms with van der Waals surface area (Å²) in [6, 6.07) is 0. The summed E-state index contributed by atoms with van der Waals surface area (Å²) in [7, 11) is 0. The fourth-order valence-electron chi connectivity index (χ4n) is 9.05. The number of hydrogen-bond donors (Lipinski definition) is 1. The van der Waals surface area contributed by atoms with E-state index in [9.17, 15) is 9.90 Å². The Morgan fingerprint density at radius 2 is 1.88 bits per heavy atom. The molecule has 0 radical (unpaired) electrons. The van der Waals surface area contributed by atoms with Gasteiger partial charge in [-0.2, -0.15) is 0 Å². The van der Waals surface area contributed by atoms with E-state index in [1.54, 1.807) is 0 Å². The van der Waals surface area contributed by atoms with Crippen molar-refractivity contribution in [2.45, 2.75) is 111 Å². The van der Waals surface area contributed by atoms with E-state index in [0.29, 0.717) is 5.41 Å². The van der Waals surface area contributed by atoms with Crippen molar-refractivity contribution in [3.8, 4) is 0 Å². The number of esters is 1. The van der Waals surface area contributed by atoms with Gasteiger partial charge in [0.05, 0.1) is 12.2 Å². The first-order chi connectivity index (χ1) is 16.1. The van der Waals surface area contributed by atoms with E-state index < -0.39 is 5.97 Å². The maximum Gasteiger partial charge on any atom is 0.336 e. The van der Waals surface area contributed by atoms with E-state index >= 15 is 0 Å². The molecule has 0 saturated heterocycles. The topological polar surface area (TPSA) is 46.5 Å². The van der Waals surface area contributed by atoms with Gasteiger partial charge in [-0.1, -0.05) is 72.1 Å². The van der Waals surface area contributed by atoms with Crippen LogP contribution in [0, 0.1) is 46.3 Å². The van der Waals surface area contributed by atoms with Crippen LogP contribution in [-0.4, -0.2) is 23.8 Å².